The molecule has 0 bridgehead atoms. The standard InChI is InChI=1S/C16H10BrF4N5O/c1-7(6-26-9-5-3-2-4-8(9)23-25-26)22-24-16(27)10-12(18)14(20)11(17)15(21)13(10)19/h2-5H,6H2,1H3,(H,24,27)/b22-7-. The molecule has 27 heavy (non-hydrogen) atoms. The van der Waals surface area contributed by atoms with E-state index in [1.54, 1.807) is 24.3 Å². The van der Waals surface area contributed by atoms with Gasteiger partial charge in [0.1, 0.15) is 11.1 Å². The largest absolute Gasteiger partial charge is 0.277 e. The maximum Gasteiger partial charge on any atom is 0.277 e. The lowest BCUT2D eigenvalue weighted by atomic mass is 10.1. The quantitative estimate of drug-likeness (QED) is 0.220. The van der Waals surface area contributed by atoms with Gasteiger partial charge in [0.15, 0.2) is 23.3 Å². The lowest BCUT2D eigenvalue weighted by Crippen LogP contribution is -2.24. The number of nitrogens with one attached hydrogen (secondary N) is 1. The summed E-state index contributed by atoms with van der Waals surface area (Å²) in [6, 6.07) is 7.12. The summed E-state index contributed by atoms with van der Waals surface area (Å²) in [6.07, 6.45) is 0. The summed E-state index contributed by atoms with van der Waals surface area (Å²) < 4.78 is 55.2. The van der Waals surface area contributed by atoms with Gasteiger partial charge < -0.3 is 0 Å². The first-order valence-corrected chi connectivity index (χ1v) is 8.23. The molecule has 1 N–H and O–H groups in total. The molecule has 3 rings (SSSR count). The van der Waals surface area contributed by atoms with Crippen LogP contribution in [0.25, 0.3) is 11.0 Å². The fraction of sp³-hybridized carbons (Fsp3) is 0.125. The number of hydrazone groups is 1. The van der Waals surface area contributed by atoms with Crippen molar-refractivity contribution in [1.82, 2.24) is 20.4 Å². The first-order valence-electron chi connectivity index (χ1n) is 7.44. The Morgan fingerprint density at radius 1 is 1.15 bits per heavy atom. The number of rotatable bonds is 4. The van der Waals surface area contributed by atoms with Gasteiger partial charge in [-0.05, 0) is 35.0 Å². The number of benzene rings is 2. The van der Waals surface area contributed by atoms with Gasteiger partial charge in [-0.2, -0.15) is 5.10 Å². The highest BCUT2D eigenvalue weighted by Gasteiger charge is 2.28. The minimum Gasteiger partial charge on any atom is -0.267 e. The number of hydrogen-bond donors (Lipinski definition) is 1. The molecule has 0 aliphatic rings. The van der Waals surface area contributed by atoms with Gasteiger partial charge in [-0.15, -0.1) is 5.10 Å². The highest BCUT2D eigenvalue weighted by Crippen LogP contribution is 2.28. The summed E-state index contributed by atoms with van der Waals surface area (Å²) in [5.74, 6) is -8.51. The molecule has 0 unspecified atom stereocenters. The molecule has 0 fully saturated rings. The molecular formula is C16H10BrF4N5O. The van der Waals surface area contributed by atoms with E-state index >= 15 is 0 Å². The highest BCUT2D eigenvalue weighted by atomic mass is 79.9. The van der Waals surface area contributed by atoms with Crippen LogP contribution in [0.3, 0.4) is 0 Å². The van der Waals surface area contributed by atoms with Crippen LogP contribution in [0.2, 0.25) is 0 Å². The zero-order valence-electron chi connectivity index (χ0n) is 13.6. The SMILES string of the molecule is C/C(Cn1nnc2ccccc21)=N/NC(=O)c1c(F)c(F)c(Br)c(F)c1F. The monoisotopic (exact) mass is 443 g/mol. The van der Waals surface area contributed by atoms with E-state index in [9.17, 15) is 22.4 Å². The molecule has 0 aliphatic carbocycles. The van der Waals surface area contributed by atoms with Crippen molar-refractivity contribution in [3.8, 4) is 0 Å². The number of carbonyl (C=O) groups is 1. The smallest absolute Gasteiger partial charge is 0.267 e. The second-order valence-electron chi connectivity index (χ2n) is 5.47. The van der Waals surface area contributed by atoms with Crippen LogP contribution in [-0.2, 0) is 6.54 Å². The molecule has 1 amide bonds. The van der Waals surface area contributed by atoms with Gasteiger partial charge in [-0.3, -0.25) is 4.79 Å². The number of carbonyl (C=O) groups excluding carboxylic acids is 1. The fourth-order valence-electron chi connectivity index (χ4n) is 2.29. The third-order valence-corrected chi connectivity index (χ3v) is 4.28. The molecule has 140 valence electrons. The van der Waals surface area contributed by atoms with Gasteiger partial charge in [-0.25, -0.2) is 27.7 Å². The predicted octanol–water partition coefficient (Wildman–Crippen LogP) is 3.56. The summed E-state index contributed by atoms with van der Waals surface area (Å²) in [5.41, 5.74) is 2.14. The van der Waals surface area contributed by atoms with E-state index in [1.165, 1.54) is 11.6 Å². The molecule has 1 aromatic heterocycles. The third kappa shape index (κ3) is 3.54. The number of para-hydroxylation sites is 1. The van der Waals surface area contributed by atoms with Gasteiger partial charge in [0.05, 0.1) is 22.2 Å². The molecule has 2 aromatic carbocycles. The molecule has 0 spiro atoms. The van der Waals surface area contributed by atoms with E-state index < -0.39 is 39.2 Å². The second kappa shape index (κ2) is 7.43. The minimum atomic E-state index is -1.83. The Kier molecular flexibility index (Phi) is 5.22. The van der Waals surface area contributed by atoms with E-state index in [2.05, 4.69) is 31.3 Å². The summed E-state index contributed by atoms with van der Waals surface area (Å²) in [5, 5.41) is 11.6. The molecule has 1 heterocycles. The molecule has 0 atom stereocenters. The van der Waals surface area contributed by atoms with E-state index in [0.717, 1.165) is 0 Å². The summed E-state index contributed by atoms with van der Waals surface area (Å²) in [6.45, 7) is 1.64. The van der Waals surface area contributed by atoms with Crippen LogP contribution in [0.4, 0.5) is 17.6 Å². The number of fused-ring (bicyclic) bond motifs is 1. The molecule has 3 aromatic rings. The molecule has 6 nitrogen and oxygen atoms in total. The van der Waals surface area contributed by atoms with Gasteiger partial charge in [0.25, 0.3) is 5.91 Å². The van der Waals surface area contributed by atoms with Gasteiger partial charge in [0.2, 0.25) is 0 Å². The third-order valence-electron chi connectivity index (χ3n) is 3.58. The molecule has 0 saturated carbocycles. The molecule has 0 saturated heterocycles. The van der Waals surface area contributed by atoms with Crippen molar-refractivity contribution in [2.45, 2.75) is 13.5 Å². The van der Waals surface area contributed by atoms with Crippen LogP contribution >= 0.6 is 15.9 Å². The maximum absolute atomic E-state index is 13.8. The first-order chi connectivity index (χ1) is 12.8. The van der Waals surface area contributed by atoms with Crippen molar-refractivity contribution < 1.29 is 22.4 Å². The van der Waals surface area contributed by atoms with Crippen molar-refractivity contribution in [1.29, 1.82) is 0 Å². The Labute approximate surface area is 158 Å². The molecular weight excluding hydrogens is 434 g/mol. The number of hydrogen-bond acceptors (Lipinski definition) is 4. The Morgan fingerprint density at radius 3 is 2.44 bits per heavy atom. The van der Waals surface area contributed by atoms with E-state index in [0.29, 0.717) is 16.7 Å². The number of nitrogens with zero attached hydrogens (tertiary/aromatic N) is 4. The van der Waals surface area contributed by atoms with Crippen LogP contribution in [0, 0.1) is 23.3 Å². The van der Waals surface area contributed by atoms with Gasteiger partial charge in [0, 0.05) is 0 Å². The number of amides is 1. The van der Waals surface area contributed by atoms with Crippen molar-refractivity contribution in [3.63, 3.8) is 0 Å². The zero-order valence-corrected chi connectivity index (χ0v) is 15.2. The Morgan fingerprint density at radius 2 is 1.78 bits per heavy atom. The van der Waals surface area contributed by atoms with Crippen LogP contribution in [0.15, 0.2) is 33.8 Å². The topological polar surface area (TPSA) is 72.2 Å². The highest BCUT2D eigenvalue weighted by molar-refractivity contribution is 9.10. The van der Waals surface area contributed by atoms with E-state index in [4.69, 9.17) is 0 Å². The van der Waals surface area contributed by atoms with Crippen molar-refractivity contribution in [2.24, 2.45) is 5.10 Å². The minimum absolute atomic E-state index is 0.120. The Balaban J connectivity index is 1.81. The lowest BCUT2D eigenvalue weighted by molar-refractivity contribution is 0.0943. The normalized spacial score (nSPS) is 11.9. The van der Waals surface area contributed by atoms with Crippen LogP contribution in [-0.4, -0.2) is 26.6 Å². The van der Waals surface area contributed by atoms with E-state index in [-0.39, 0.29) is 6.54 Å². The van der Waals surface area contributed by atoms with Gasteiger partial charge >= 0.3 is 0 Å². The summed E-state index contributed by atoms with van der Waals surface area (Å²) >= 11 is 2.37. The molecule has 11 heteroatoms. The molecule has 0 radical (unpaired) electrons. The Hall–Kier alpha value is -2.82. The van der Waals surface area contributed by atoms with Crippen molar-refractivity contribution in [3.05, 3.63) is 57.6 Å². The fourth-order valence-corrected chi connectivity index (χ4v) is 2.64. The maximum atomic E-state index is 13.8. The van der Waals surface area contributed by atoms with E-state index in [1.807, 2.05) is 5.43 Å². The summed E-state index contributed by atoms with van der Waals surface area (Å²) in [7, 11) is 0. The lowest BCUT2D eigenvalue weighted by Gasteiger charge is -2.08. The second-order valence-corrected chi connectivity index (χ2v) is 6.26. The van der Waals surface area contributed by atoms with Crippen LogP contribution in [0.1, 0.15) is 17.3 Å². The average molecular weight is 444 g/mol. The van der Waals surface area contributed by atoms with Crippen LogP contribution in [0.5, 0.6) is 0 Å². The van der Waals surface area contributed by atoms with Crippen molar-refractivity contribution >= 4 is 38.6 Å². The number of halogens is 5. The number of aromatic nitrogens is 3. The van der Waals surface area contributed by atoms with Crippen molar-refractivity contribution in [2.75, 3.05) is 0 Å². The zero-order chi connectivity index (χ0) is 19.7. The molecule has 0 aliphatic heterocycles. The Bertz CT molecular complexity index is 1050. The average Bonchev–Trinajstić information content (AvgIpc) is 3.06. The van der Waals surface area contributed by atoms with Gasteiger partial charge in [-0.1, -0.05) is 17.3 Å². The van der Waals surface area contributed by atoms with Crippen LogP contribution < -0.4 is 5.43 Å². The first kappa shape index (κ1) is 19.0. The predicted molar refractivity (Wildman–Crippen MR) is 92.1 cm³/mol. The summed E-state index contributed by atoms with van der Waals surface area (Å²) in [4.78, 5) is 11.9.